The van der Waals surface area contributed by atoms with Crippen molar-refractivity contribution in [2.24, 2.45) is 0 Å². The summed E-state index contributed by atoms with van der Waals surface area (Å²) >= 11 is 0. The van der Waals surface area contributed by atoms with Crippen LogP contribution in [0.1, 0.15) is 29.0 Å². The molecule has 126 valence electrons. The molecule has 25 heavy (non-hydrogen) atoms. The number of aryl methyl sites for hydroxylation is 1. The van der Waals surface area contributed by atoms with Crippen molar-refractivity contribution in [3.05, 3.63) is 70.0 Å². The van der Waals surface area contributed by atoms with E-state index in [0.29, 0.717) is 28.7 Å². The number of nitrogens with zero attached hydrogens (tertiary/aromatic N) is 2. The highest BCUT2D eigenvalue weighted by atomic mass is 19.1. The molecule has 1 N–H and O–H groups in total. The van der Waals surface area contributed by atoms with Crippen LogP contribution in [0.15, 0.2) is 47.3 Å². The van der Waals surface area contributed by atoms with Crippen molar-refractivity contribution in [2.75, 3.05) is 5.32 Å². The minimum Gasteiger partial charge on any atom is -0.322 e. The first kappa shape index (κ1) is 15.5. The topological polar surface area (TPSA) is 64.0 Å². The zero-order valence-corrected chi connectivity index (χ0v) is 13.5. The summed E-state index contributed by atoms with van der Waals surface area (Å²) in [6, 6.07) is 10.4. The van der Waals surface area contributed by atoms with E-state index in [2.05, 4.69) is 10.3 Å². The standard InChI is InChI=1S/C19H16FN3O2/c20-13-5-7-14(8-6-13)21-18(24)12-4-9-15-16(11-12)22-17-3-1-2-10-23(17)19(15)25/h4-9,11H,1-3,10H2,(H,21,24). The van der Waals surface area contributed by atoms with Gasteiger partial charge in [-0.2, -0.15) is 0 Å². The van der Waals surface area contributed by atoms with E-state index >= 15 is 0 Å². The smallest absolute Gasteiger partial charge is 0.261 e. The van der Waals surface area contributed by atoms with Gasteiger partial charge >= 0.3 is 0 Å². The third-order valence-electron chi connectivity index (χ3n) is 4.43. The molecular formula is C19H16FN3O2. The van der Waals surface area contributed by atoms with Gasteiger partial charge in [-0.05, 0) is 55.3 Å². The Morgan fingerprint density at radius 2 is 1.92 bits per heavy atom. The van der Waals surface area contributed by atoms with Crippen LogP contribution in [0, 0.1) is 5.82 Å². The van der Waals surface area contributed by atoms with Gasteiger partial charge in [0, 0.05) is 24.2 Å². The molecule has 1 aromatic heterocycles. The lowest BCUT2D eigenvalue weighted by atomic mass is 10.1. The third-order valence-corrected chi connectivity index (χ3v) is 4.43. The van der Waals surface area contributed by atoms with E-state index in [1.807, 2.05) is 0 Å². The van der Waals surface area contributed by atoms with Crippen LogP contribution < -0.4 is 10.9 Å². The molecule has 3 aromatic rings. The number of fused-ring (bicyclic) bond motifs is 2. The number of rotatable bonds is 2. The number of carbonyl (C=O) groups is 1. The van der Waals surface area contributed by atoms with Crippen molar-refractivity contribution in [3.63, 3.8) is 0 Å². The number of anilines is 1. The summed E-state index contributed by atoms with van der Waals surface area (Å²) in [7, 11) is 0. The maximum atomic E-state index is 12.9. The van der Waals surface area contributed by atoms with Crippen LogP contribution in [0.4, 0.5) is 10.1 Å². The van der Waals surface area contributed by atoms with Crippen molar-refractivity contribution < 1.29 is 9.18 Å². The number of nitrogens with one attached hydrogen (secondary N) is 1. The molecule has 0 bridgehead atoms. The van der Waals surface area contributed by atoms with Gasteiger partial charge in [-0.15, -0.1) is 0 Å². The normalized spacial score (nSPS) is 13.5. The molecule has 0 spiro atoms. The molecular weight excluding hydrogens is 321 g/mol. The van der Waals surface area contributed by atoms with Crippen LogP contribution in [0.3, 0.4) is 0 Å². The first-order valence-corrected chi connectivity index (χ1v) is 8.22. The van der Waals surface area contributed by atoms with E-state index in [0.717, 1.165) is 25.1 Å². The predicted molar refractivity (Wildman–Crippen MR) is 93.3 cm³/mol. The van der Waals surface area contributed by atoms with Gasteiger partial charge in [0.1, 0.15) is 11.6 Å². The van der Waals surface area contributed by atoms with Crippen molar-refractivity contribution in [1.82, 2.24) is 9.55 Å². The molecule has 0 aliphatic carbocycles. The minimum atomic E-state index is -0.363. The Morgan fingerprint density at radius 1 is 1.12 bits per heavy atom. The fourth-order valence-corrected chi connectivity index (χ4v) is 3.12. The van der Waals surface area contributed by atoms with Gasteiger partial charge in [-0.3, -0.25) is 14.2 Å². The van der Waals surface area contributed by atoms with E-state index in [-0.39, 0.29) is 17.3 Å². The summed E-state index contributed by atoms with van der Waals surface area (Å²) in [5, 5.41) is 3.23. The summed E-state index contributed by atoms with van der Waals surface area (Å²) in [5.74, 6) is 0.0890. The average Bonchev–Trinajstić information content (AvgIpc) is 2.63. The number of hydrogen-bond donors (Lipinski definition) is 1. The maximum absolute atomic E-state index is 12.9. The lowest BCUT2D eigenvalue weighted by Gasteiger charge is -2.17. The van der Waals surface area contributed by atoms with Crippen molar-refractivity contribution in [2.45, 2.75) is 25.8 Å². The molecule has 1 aliphatic rings. The van der Waals surface area contributed by atoms with Crippen LogP contribution >= 0.6 is 0 Å². The van der Waals surface area contributed by atoms with Gasteiger partial charge in [-0.1, -0.05) is 0 Å². The summed E-state index contributed by atoms with van der Waals surface area (Å²) in [4.78, 5) is 29.5. The molecule has 1 aliphatic heterocycles. The lowest BCUT2D eigenvalue weighted by Crippen LogP contribution is -2.28. The molecule has 0 saturated heterocycles. The molecule has 2 aromatic carbocycles. The number of amides is 1. The van der Waals surface area contributed by atoms with Gasteiger partial charge in [0.25, 0.3) is 11.5 Å². The molecule has 2 heterocycles. The van der Waals surface area contributed by atoms with Gasteiger partial charge in [0.05, 0.1) is 10.9 Å². The number of hydrogen-bond acceptors (Lipinski definition) is 3. The van der Waals surface area contributed by atoms with Crippen molar-refractivity contribution in [3.8, 4) is 0 Å². The Balaban J connectivity index is 1.69. The van der Waals surface area contributed by atoms with Crippen LogP contribution in [0.5, 0.6) is 0 Å². The van der Waals surface area contributed by atoms with Crippen LogP contribution in [-0.4, -0.2) is 15.5 Å². The van der Waals surface area contributed by atoms with Crippen LogP contribution in [-0.2, 0) is 13.0 Å². The highest BCUT2D eigenvalue weighted by Crippen LogP contribution is 2.17. The molecule has 0 saturated carbocycles. The zero-order chi connectivity index (χ0) is 17.4. The SMILES string of the molecule is O=C(Nc1ccc(F)cc1)c1ccc2c(=O)n3c(nc2c1)CCCC3. The molecule has 0 fully saturated rings. The fourth-order valence-electron chi connectivity index (χ4n) is 3.12. The second-order valence-corrected chi connectivity index (χ2v) is 6.13. The molecule has 0 unspecified atom stereocenters. The maximum Gasteiger partial charge on any atom is 0.261 e. The Bertz CT molecular complexity index is 1030. The Kier molecular flexibility index (Phi) is 3.80. The number of benzene rings is 2. The molecule has 6 heteroatoms. The molecule has 0 atom stereocenters. The largest absolute Gasteiger partial charge is 0.322 e. The monoisotopic (exact) mass is 337 g/mol. The van der Waals surface area contributed by atoms with Crippen molar-refractivity contribution in [1.29, 1.82) is 0 Å². The molecule has 4 rings (SSSR count). The first-order valence-electron chi connectivity index (χ1n) is 8.22. The van der Waals surface area contributed by atoms with Gasteiger partial charge in [0.2, 0.25) is 0 Å². The van der Waals surface area contributed by atoms with Gasteiger partial charge in [-0.25, -0.2) is 9.37 Å². The third kappa shape index (κ3) is 2.91. The molecule has 5 nitrogen and oxygen atoms in total. The van der Waals surface area contributed by atoms with Crippen LogP contribution in [0.25, 0.3) is 10.9 Å². The van der Waals surface area contributed by atoms with Gasteiger partial charge in [0.15, 0.2) is 0 Å². The van der Waals surface area contributed by atoms with E-state index in [4.69, 9.17) is 0 Å². The highest BCUT2D eigenvalue weighted by Gasteiger charge is 2.16. The Morgan fingerprint density at radius 3 is 2.72 bits per heavy atom. The Hall–Kier alpha value is -3.02. The van der Waals surface area contributed by atoms with E-state index in [9.17, 15) is 14.0 Å². The van der Waals surface area contributed by atoms with Crippen molar-refractivity contribution >= 4 is 22.5 Å². The molecule has 0 radical (unpaired) electrons. The van der Waals surface area contributed by atoms with E-state index in [1.54, 1.807) is 22.8 Å². The predicted octanol–water partition coefficient (Wildman–Crippen LogP) is 3.12. The van der Waals surface area contributed by atoms with E-state index in [1.165, 1.54) is 24.3 Å². The number of aromatic nitrogens is 2. The second-order valence-electron chi connectivity index (χ2n) is 6.13. The van der Waals surface area contributed by atoms with E-state index < -0.39 is 0 Å². The quantitative estimate of drug-likeness (QED) is 0.781. The van der Waals surface area contributed by atoms with Crippen LogP contribution in [0.2, 0.25) is 0 Å². The summed E-state index contributed by atoms with van der Waals surface area (Å²) in [6.07, 6.45) is 2.78. The number of carbonyl (C=O) groups excluding carboxylic acids is 1. The number of halogens is 1. The summed E-state index contributed by atoms with van der Waals surface area (Å²) in [6.45, 7) is 0.698. The fraction of sp³-hybridized carbons (Fsp3) is 0.211. The summed E-state index contributed by atoms with van der Waals surface area (Å²) in [5.41, 5.74) is 1.39. The Labute approximate surface area is 143 Å². The molecule has 1 amide bonds. The lowest BCUT2D eigenvalue weighted by molar-refractivity contribution is 0.102. The zero-order valence-electron chi connectivity index (χ0n) is 13.5. The first-order chi connectivity index (χ1) is 12.1. The highest BCUT2D eigenvalue weighted by molar-refractivity contribution is 6.06. The average molecular weight is 337 g/mol. The second kappa shape index (κ2) is 6.12. The minimum absolute atomic E-state index is 0.0507. The summed E-state index contributed by atoms with van der Waals surface area (Å²) < 4.78 is 14.7. The van der Waals surface area contributed by atoms with Gasteiger partial charge < -0.3 is 5.32 Å².